The molecule has 1 amide bonds. The van der Waals surface area contributed by atoms with Gasteiger partial charge in [-0.1, -0.05) is 37.1 Å². The Morgan fingerprint density at radius 2 is 1.76 bits per heavy atom. The quantitative estimate of drug-likeness (QED) is 0.877. The van der Waals surface area contributed by atoms with Gasteiger partial charge in [0.05, 0.1) is 16.7 Å². The van der Waals surface area contributed by atoms with Crippen molar-refractivity contribution < 1.29 is 14.6 Å². The lowest BCUT2D eigenvalue weighted by molar-refractivity contribution is 0.0449. The lowest BCUT2D eigenvalue weighted by Gasteiger charge is -2.22. The van der Waals surface area contributed by atoms with Crippen molar-refractivity contribution in [2.75, 3.05) is 6.54 Å². The van der Waals surface area contributed by atoms with E-state index in [2.05, 4.69) is 11.4 Å². The van der Waals surface area contributed by atoms with Gasteiger partial charge in [-0.15, -0.1) is 0 Å². The molecule has 5 heteroatoms. The minimum absolute atomic E-state index is 0.231. The van der Waals surface area contributed by atoms with Crippen LogP contribution in [0.3, 0.4) is 0 Å². The smallest absolute Gasteiger partial charge is 0.255 e. The van der Waals surface area contributed by atoms with Crippen molar-refractivity contribution in [3.05, 3.63) is 59.7 Å². The van der Waals surface area contributed by atoms with Crippen LogP contribution in [0, 0.1) is 11.3 Å². The Bertz CT molecular complexity index is 805. The molecule has 0 aliphatic heterocycles. The van der Waals surface area contributed by atoms with Crippen LogP contribution in [0.4, 0.5) is 0 Å². The number of amides is 1. The first-order valence-electron chi connectivity index (χ1n) is 8.38. The molecule has 1 aliphatic carbocycles. The fraction of sp³-hybridized carbons (Fsp3) is 0.300. The number of para-hydroxylation sites is 2. The van der Waals surface area contributed by atoms with Crippen LogP contribution in [0.5, 0.6) is 11.5 Å². The molecule has 0 heterocycles. The third-order valence-electron chi connectivity index (χ3n) is 4.47. The highest BCUT2D eigenvalue weighted by molar-refractivity contribution is 5.97. The van der Waals surface area contributed by atoms with Crippen LogP contribution in [0.15, 0.2) is 48.5 Å². The summed E-state index contributed by atoms with van der Waals surface area (Å²) in [6.07, 6.45) is 3.38. The normalized spacial score (nSPS) is 15.4. The number of carbonyl (C=O) groups excluding carboxylic acids is 1. The summed E-state index contributed by atoms with van der Waals surface area (Å²) in [5, 5.41) is 22.4. The summed E-state index contributed by atoms with van der Waals surface area (Å²) in [4.78, 5) is 12.5. The van der Waals surface area contributed by atoms with Crippen LogP contribution >= 0.6 is 0 Å². The molecule has 25 heavy (non-hydrogen) atoms. The first-order valence-corrected chi connectivity index (χ1v) is 8.38. The molecule has 0 aromatic heterocycles. The Labute approximate surface area is 146 Å². The number of nitriles is 1. The van der Waals surface area contributed by atoms with Crippen molar-refractivity contribution in [3.8, 4) is 17.6 Å². The summed E-state index contributed by atoms with van der Waals surface area (Å²) in [7, 11) is 0. The average Bonchev–Trinajstić information content (AvgIpc) is 3.08. The van der Waals surface area contributed by atoms with E-state index in [9.17, 15) is 15.2 Å². The fourth-order valence-corrected chi connectivity index (χ4v) is 3.06. The highest BCUT2D eigenvalue weighted by Crippen LogP contribution is 2.30. The van der Waals surface area contributed by atoms with Crippen molar-refractivity contribution in [1.82, 2.24) is 5.32 Å². The number of hydrogen-bond acceptors (Lipinski definition) is 4. The van der Waals surface area contributed by atoms with E-state index in [4.69, 9.17) is 4.74 Å². The summed E-state index contributed by atoms with van der Waals surface area (Å²) in [5.74, 6) is 0.478. The lowest BCUT2D eigenvalue weighted by Crippen LogP contribution is -2.40. The fourth-order valence-electron chi connectivity index (χ4n) is 3.06. The highest BCUT2D eigenvalue weighted by atomic mass is 16.5. The van der Waals surface area contributed by atoms with Gasteiger partial charge < -0.3 is 15.2 Å². The lowest BCUT2D eigenvalue weighted by atomic mass is 10.0. The zero-order valence-electron chi connectivity index (χ0n) is 13.9. The van der Waals surface area contributed by atoms with Gasteiger partial charge in [0.2, 0.25) is 0 Å². The molecule has 1 fully saturated rings. The largest absolute Gasteiger partial charge is 0.455 e. The van der Waals surface area contributed by atoms with Gasteiger partial charge in [-0.05, 0) is 37.1 Å². The van der Waals surface area contributed by atoms with E-state index in [0.717, 1.165) is 12.8 Å². The second-order valence-electron chi connectivity index (χ2n) is 6.32. The molecule has 0 atom stereocenters. The Morgan fingerprint density at radius 1 is 1.12 bits per heavy atom. The number of ether oxygens (including phenoxy) is 1. The number of aliphatic hydroxyl groups is 1. The van der Waals surface area contributed by atoms with E-state index in [0.29, 0.717) is 35.5 Å². The van der Waals surface area contributed by atoms with Gasteiger partial charge in [0.25, 0.3) is 5.91 Å². The summed E-state index contributed by atoms with van der Waals surface area (Å²) in [6, 6.07) is 15.8. The van der Waals surface area contributed by atoms with Crippen LogP contribution in [0.25, 0.3) is 0 Å². The predicted molar refractivity (Wildman–Crippen MR) is 93.4 cm³/mol. The van der Waals surface area contributed by atoms with Crippen LogP contribution in [-0.4, -0.2) is 23.2 Å². The van der Waals surface area contributed by atoms with E-state index < -0.39 is 5.60 Å². The van der Waals surface area contributed by atoms with E-state index in [1.165, 1.54) is 0 Å². The molecule has 2 aromatic rings. The highest BCUT2D eigenvalue weighted by Gasteiger charge is 2.31. The van der Waals surface area contributed by atoms with E-state index >= 15 is 0 Å². The van der Waals surface area contributed by atoms with Crippen molar-refractivity contribution >= 4 is 5.91 Å². The first-order chi connectivity index (χ1) is 12.1. The van der Waals surface area contributed by atoms with Crippen LogP contribution in [0.1, 0.15) is 41.6 Å². The number of benzene rings is 2. The second-order valence-corrected chi connectivity index (χ2v) is 6.32. The Morgan fingerprint density at radius 3 is 2.48 bits per heavy atom. The Kier molecular flexibility index (Phi) is 5.01. The standard InChI is InChI=1S/C20H20N2O3/c21-13-15-7-1-3-9-17(15)25-18-10-4-2-8-16(18)19(23)22-14-20(24)11-5-6-12-20/h1-4,7-10,24H,5-6,11-12,14H2,(H,22,23). The molecule has 128 valence electrons. The van der Waals surface area contributed by atoms with Crippen LogP contribution in [-0.2, 0) is 0 Å². The molecule has 1 aliphatic rings. The third-order valence-corrected chi connectivity index (χ3v) is 4.47. The summed E-state index contributed by atoms with van der Waals surface area (Å²) in [6.45, 7) is 0.231. The van der Waals surface area contributed by atoms with Gasteiger partial charge in [-0.25, -0.2) is 0 Å². The van der Waals surface area contributed by atoms with Crippen molar-refractivity contribution in [3.63, 3.8) is 0 Å². The molecule has 0 spiro atoms. The molecule has 5 nitrogen and oxygen atoms in total. The van der Waals surface area contributed by atoms with Crippen molar-refractivity contribution in [1.29, 1.82) is 5.26 Å². The average molecular weight is 336 g/mol. The van der Waals surface area contributed by atoms with Gasteiger partial charge in [0.1, 0.15) is 17.6 Å². The van der Waals surface area contributed by atoms with Gasteiger partial charge in [0, 0.05) is 6.54 Å². The van der Waals surface area contributed by atoms with Gasteiger partial charge in [-0.2, -0.15) is 5.26 Å². The number of nitrogens with one attached hydrogen (secondary N) is 1. The monoisotopic (exact) mass is 336 g/mol. The summed E-state index contributed by atoms with van der Waals surface area (Å²) < 4.78 is 5.80. The Balaban J connectivity index is 1.76. The maximum Gasteiger partial charge on any atom is 0.255 e. The molecule has 0 bridgehead atoms. The Hall–Kier alpha value is -2.84. The molecule has 2 aromatic carbocycles. The predicted octanol–water partition coefficient (Wildman–Crippen LogP) is 3.39. The molecule has 3 rings (SSSR count). The SMILES string of the molecule is N#Cc1ccccc1Oc1ccccc1C(=O)NCC1(O)CCCC1. The van der Waals surface area contributed by atoms with E-state index in [-0.39, 0.29) is 12.5 Å². The molecule has 0 unspecified atom stereocenters. The summed E-state index contributed by atoms with van der Waals surface area (Å²) >= 11 is 0. The van der Waals surface area contributed by atoms with Gasteiger partial charge in [-0.3, -0.25) is 4.79 Å². The molecule has 2 N–H and O–H groups in total. The van der Waals surface area contributed by atoms with E-state index in [1.54, 1.807) is 48.5 Å². The summed E-state index contributed by atoms with van der Waals surface area (Å²) in [5.41, 5.74) is -0.0337. The van der Waals surface area contributed by atoms with Crippen LogP contribution < -0.4 is 10.1 Å². The van der Waals surface area contributed by atoms with E-state index in [1.807, 2.05) is 0 Å². The number of nitrogens with zero attached hydrogens (tertiary/aromatic N) is 1. The van der Waals surface area contributed by atoms with Gasteiger partial charge >= 0.3 is 0 Å². The maximum atomic E-state index is 12.5. The van der Waals surface area contributed by atoms with Crippen molar-refractivity contribution in [2.45, 2.75) is 31.3 Å². The number of hydrogen-bond donors (Lipinski definition) is 2. The first kappa shape index (κ1) is 17.0. The second kappa shape index (κ2) is 7.37. The zero-order chi connectivity index (χ0) is 17.7. The third kappa shape index (κ3) is 3.98. The minimum atomic E-state index is -0.807. The molecule has 0 saturated heterocycles. The zero-order valence-corrected chi connectivity index (χ0v) is 13.9. The molecular formula is C20H20N2O3. The minimum Gasteiger partial charge on any atom is -0.455 e. The maximum absolute atomic E-state index is 12.5. The molecule has 0 radical (unpaired) electrons. The number of carbonyl (C=O) groups is 1. The van der Waals surface area contributed by atoms with Gasteiger partial charge in [0.15, 0.2) is 0 Å². The topological polar surface area (TPSA) is 82.3 Å². The van der Waals surface area contributed by atoms with Crippen molar-refractivity contribution in [2.24, 2.45) is 0 Å². The molecular weight excluding hydrogens is 316 g/mol. The molecule has 1 saturated carbocycles. The van der Waals surface area contributed by atoms with Crippen LogP contribution in [0.2, 0.25) is 0 Å². The number of rotatable bonds is 5.